The van der Waals surface area contributed by atoms with E-state index in [4.69, 9.17) is 0 Å². The number of nitrogens with zero attached hydrogens (tertiary/aromatic N) is 3. The maximum Gasteiger partial charge on any atom is 0.244 e. The minimum Gasteiger partial charge on any atom is -0.392 e. The fourth-order valence-corrected chi connectivity index (χ4v) is 3.85. The van der Waals surface area contributed by atoms with Crippen LogP contribution >= 0.6 is 0 Å². The van der Waals surface area contributed by atoms with Gasteiger partial charge in [0.05, 0.1) is 22.0 Å². The molecule has 0 fully saturated rings. The van der Waals surface area contributed by atoms with Gasteiger partial charge in [0.25, 0.3) is 0 Å². The third-order valence-corrected chi connectivity index (χ3v) is 6.22. The summed E-state index contributed by atoms with van der Waals surface area (Å²) in [5.41, 5.74) is 1.87. The molecule has 3 N–H and O–H groups in total. The van der Waals surface area contributed by atoms with Crippen LogP contribution in [0.1, 0.15) is 6.92 Å². The molecule has 0 aliphatic heterocycles. The maximum absolute atomic E-state index is 12.7. The predicted molar refractivity (Wildman–Crippen MR) is 116 cm³/mol. The Bertz CT molecular complexity index is 1150. The molecule has 1 atom stereocenters. The molecule has 1 heterocycles. The van der Waals surface area contributed by atoms with Gasteiger partial charge in [-0.1, -0.05) is 18.2 Å². The van der Waals surface area contributed by atoms with Crippen LogP contribution in [0.25, 0.3) is 11.0 Å². The van der Waals surface area contributed by atoms with Crippen molar-refractivity contribution >= 4 is 38.6 Å². The first-order valence-corrected chi connectivity index (χ1v) is 10.8. The molecule has 0 saturated carbocycles. The quantitative estimate of drug-likeness (QED) is 0.500. The van der Waals surface area contributed by atoms with Crippen LogP contribution in [-0.2, 0) is 21.4 Å². The third-order valence-electron chi connectivity index (χ3n) is 4.41. The first-order chi connectivity index (χ1) is 14.2. The van der Waals surface area contributed by atoms with E-state index in [0.717, 1.165) is 15.3 Å². The smallest absolute Gasteiger partial charge is 0.244 e. The lowest BCUT2D eigenvalue weighted by atomic mass is 10.3. The largest absolute Gasteiger partial charge is 0.392 e. The Morgan fingerprint density at radius 2 is 1.93 bits per heavy atom. The van der Waals surface area contributed by atoms with Crippen molar-refractivity contribution in [1.29, 1.82) is 0 Å². The molecule has 0 aliphatic rings. The number of aliphatic hydroxyl groups is 1. The van der Waals surface area contributed by atoms with Crippen molar-refractivity contribution in [2.45, 2.75) is 24.5 Å². The second-order valence-corrected chi connectivity index (χ2v) is 9.26. The number of hydrogen-bond acceptors (Lipinski definition) is 6. The normalized spacial score (nSPS) is 12.8. The number of para-hydroxylation sites is 2. The number of amides is 1. The minimum atomic E-state index is -3.60. The summed E-state index contributed by atoms with van der Waals surface area (Å²) in [5, 5.41) is 15.3. The molecule has 0 bridgehead atoms. The number of rotatable bonds is 8. The van der Waals surface area contributed by atoms with Gasteiger partial charge in [-0.15, -0.1) is 0 Å². The van der Waals surface area contributed by atoms with Crippen LogP contribution in [0.2, 0.25) is 0 Å². The summed E-state index contributed by atoms with van der Waals surface area (Å²) < 4.78 is 27.5. The number of anilines is 2. The maximum atomic E-state index is 12.7. The number of aliphatic hydroxyl groups excluding tert-OH is 1. The number of fused-ring (bicyclic) bond motifs is 1. The highest BCUT2D eigenvalue weighted by Crippen LogP contribution is 2.21. The van der Waals surface area contributed by atoms with E-state index in [2.05, 4.69) is 15.6 Å². The summed E-state index contributed by atoms with van der Waals surface area (Å²) in [4.78, 5) is 17.3. The molecule has 30 heavy (non-hydrogen) atoms. The zero-order chi connectivity index (χ0) is 21.9. The highest BCUT2D eigenvalue weighted by molar-refractivity contribution is 7.89. The number of hydrogen-bond donors (Lipinski definition) is 3. The van der Waals surface area contributed by atoms with Gasteiger partial charge in [-0.2, -0.15) is 0 Å². The number of imidazole rings is 1. The van der Waals surface area contributed by atoms with Crippen LogP contribution in [0.5, 0.6) is 0 Å². The molecule has 3 aromatic rings. The Labute approximate surface area is 175 Å². The molecule has 1 amide bonds. The summed E-state index contributed by atoms with van der Waals surface area (Å²) >= 11 is 0. The van der Waals surface area contributed by atoms with Crippen molar-refractivity contribution < 1.29 is 18.3 Å². The number of benzene rings is 2. The van der Waals surface area contributed by atoms with E-state index in [9.17, 15) is 18.3 Å². The second-order valence-electron chi connectivity index (χ2n) is 7.10. The average molecular weight is 432 g/mol. The Morgan fingerprint density at radius 3 is 2.63 bits per heavy atom. The number of sulfonamides is 1. The third kappa shape index (κ3) is 4.78. The Kier molecular flexibility index (Phi) is 6.40. The molecule has 0 saturated heterocycles. The number of aromatic nitrogens is 2. The molecule has 0 radical (unpaired) electrons. The highest BCUT2D eigenvalue weighted by atomic mass is 32.2. The number of carbonyl (C=O) groups excluding carboxylic acids is 1. The van der Waals surface area contributed by atoms with Gasteiger partial charge in [-0.05, 0) is 37.3 Å². The van der Waals surface area contributed by atoms with Gasteiger partial charge in [0, 0.05) is 26.3 Å². The van der Waals surface area contributed by atoms with Gasteiger partial charge in [-0.25, -0.2) is 17.7 Å². The van der Waals surface area contributed by atoms with Crippen molar-refractivity contribution in [3.63, 3.8) is 0 Å². The molecular weight excluding hydrogens is 406 g/mol. The Morgan fingerprint density at radius 1 is 1.20 bits per heavy atom. The molecule has 1 aromatic heterocycles. The van der Waals surface area contributed by atoms with E-state index < -0.39 is 16.1 Å². The standard InChI is InChI=1S/C20H25N5O4S/c1-14(26)12-21-20-23-17-9-4-5-10-18(17)25(20)13-19(27)22-15-7-6-8-16(11-15)30(28,29)24(2)3/h4-11,14,26H,12-13H2,1-3H3,(H,21,23)(H,22,27)/t14-/m1/s1. The zero-order valence-electron chi connectivity index (χ0n) is 17.0. The zero-order valence-corrected chi connectivity index (χ0v) is 17.8. The lowest BCUT2D eigenvalue weighted by Gasteiger charge is -2.14. The van der Waals surface area contributed by atoms with Gasteiger partial charge >= 0.3 is 0 Å². The SMILES string of the molecule is C[C@@H](O)CNc1nc2ccccc2n1CC(=O)Nc1cccc(S(=O)(=O)N(C)C)c1. The Balaban J connectivity index is 1.83. The second kappa shape index (κ2) is 8.82. The Hall–Kier alpha value is -2.95. The summed E-state index contributed by atoms with van der Waals surface area (Å²) in [6.07, 6.45) is -0.575. The van der Waals surface area contributed by atoms with Gasteiger partial charge in [0.15, 0.2) is 0 Å². The van der Waals surface area contributed by atoms with Crippen LogP contribution < -0.4 is 10.6 Å². The van der Waals surface area contributed by atoms with E-state index in [1.165, 1.54) is 26.2 Å². The number of nitrogens with one attached hydrogen (secondary N) is 2. The van der Waals surface area contributed by atoms with Crippen LogP contribution in [0.15, 0.2) is 53.4 Å². The molecule has 10 heteroatoms. The summed E-state index contributed by atoms with van der Waals surface area (Å²) in [7, 11) is -0.701. The van der Waals surface area contributed by atoms with Crippen molar-refractivity contribution in [3.05, 3.63) is 48.5 Å². The van der Waals surface area contributed by atoms with E-state index in [0.29, 0.717) is 11.6 Å². The van der Waals surface area contributed by atoms with Crippen LogP contribution in [-0.4, -0.2) is 60.0 Å². The molecule has 0 aliphatic carbocycles. The monoisotopic (exact) mass is 431 g/mol. The minimum absolute atomic E-state index is 0.0344. The molecule has 2 aromatic carbocycles. The molecule has 0 spiro atoms. The van der Waals surface area contributed by atoms with Crippen LogP contribution in [0.3, 0.4) is 0 Å². The fraction of sp³-hybridized carbons (Fsp3) is 0.300. The van der Waals surface area contributed by atoms with Gasteiger partial charge in [0.2, 0.25) is 21.9 Å². The summed E-state index contributed by atoms with van der Waals surface area (Å²) in [6.45, 7) is 1.91. The fourth-order valence-electron chi connectivity index (χ4n) is 2.90. The molecule has 9 nitrogen and oxygen atoms in total. The van der Waals surface area contributed by atoms with Gasteiger partial charge < -0.3 is 20.3 Å². The first-order valence-electron chi connectivity index (χ1n) is 9.38. The van der Waals surface area contributed by atoms with E-state index in [-0.39, 0.29) is 23.9 Å². The first kappa shape index (κ1) is 21.8. The topological polar surface area (TPSA) is 117 Å². The summed E-state index contributed by atoms with van der Waals surface area (Å²) in [6, 6.07) is 13.5. The van der Waals surface area contributed by atoms with Crippen LogP contribution in [0.4, 0.5) is 11.6 Å². The highest BCUT2D eigenvalue weighted by Gasteiger charge is 2.18. The van der Waals surface area contributed by atoms with Crippen LogP contribution in [0, 0.1) is 0 Å². The van der Waals surface area contributed by atoms with Crippen molar-refractivity contribution in [1.82, 2.24) is 13.9 Å². The van der Waals surface area contributed by atoms with Gasteiger partial charge in [-0.3, -0.25) is 4.79 Å². The van der Waals surface area contributed by atoms with E-state index in [1.807, 2.05) is 24.3 Å². The lowest BCUT2D eigenvalue weighted by Crippen LogP contribution is -2.23. The molecule has 160 valence electrons. The predicted octanol–water partition coefficient (Wildman–Crippen LogP) is 1.72. The average Bonchev–Trinajstić information content (AvgIpc) is 3.04. The van der Waals surface area contributed by atoms with Crippen molar-refractivity contribution in [2.24, 2.45) is 0 Å². The molecular formula is C20H25N5O4S. The van der Waals surface area contributed by atoms with Crippen molar-refractivity contribution in [2.75, 3.05) is 31.3 Å². The molecule has 3 rings (SSSR count). The molecule has 0 unspecified atom stereocenters. The van der Waals surface area contributed by atoms with E-state index >= 15 is 0 Å². The van der Waals surface area contributed by atoms with E-state index in [1.54, 1.807) is 23.6 Å². The number of carbonyl (C=O) groups is 1. The lowest BCUT2D eigenvalue weighted by molar-refractivity contribution is -0.116. The van der Waals surface area contributed by atoms with Gasteiger partial charge in [0.1, 0.15) is 6.54 Å². The summed E-state index contributed by atoms with van der Waals surface area (Å²) in [5.74, 6) is 0.133. The van der Waals surface area contributed by atoms with Crippen molar-refractivity contribution in [3.8, 4) is 0 Å².